The second-order valence-corrected chi connectivity index (χ2v) is 6.40. The zero-order chi connectivity index (χ0) is 16.1. The van der Waals surface area contributed by atoms with E-state index < -0.39 is 11.7 Å². The summed E-state index contributed by atoms with van der Waals surface area (Å²) in [5.41, 5.74) is 1.34. The molecular weight excluding hydrogens is 291 g/mol. The van der Waals surface area contributed by atoms with Gasteiger partial charge in [-0.3, -0.25) is 0 Å². The molecule has 5 heteroatoms. The van der Waals surface area contributed by atoms with Crippen molar-refractivity contribution in [3.8, 4) is 11.5 Å². The van der Waals surface area contributed by atoms with Gasteiger partial charge in [0.25, 0.3) is 0 Å². The minimum absolute atomic E-state index is 0.0508. The molecule has 0 saturated heterocycles. The number of hydrogen-bond acceptors (Lipinski definition) is 2. The molecule has 0 aliphatic carbocycles. The van der Waals surface area contributed by atoms with Crippen molar-refractivity contribution in [3.63, 3.8) is 0 Å². The summed E-state index contributed by atoms with van der Waals surface area (Å²) in [6.45, 7) is 6.23. The van der Waals surface area contributed by atoms with Crippen LogP contribution < -0.4 is 10.1 Å². The van der Waals surface area contributed by atoms with Gasteiger partial charge in [0, 0.05) is 0 Å². The first-order chi connectivity index (χ1) is 10.1. The lowest BCUT2D eigenvalue weighted by Gasteiger charge is -2.26. The van der Waals surface area contributed by atoms with E-state index in [2.05, 4.69) is 26.1 Å². The fourth-order valence-corrected chi connectivity index (χ4v) is 2.34. The highest BCUT2D eigenvalue weighted by Crippen LogP contribution is 2.45. The predicted octanol–water partition coefficient (Wildman–Crippen LogP) is 5.85. The molecular formula is C17H16F3NO. The van der Waals surface area contributed by atoms with Gasteiger partial charge in [0.2, 0.25) is 0 Å². The van der Waals surface area contributed by atoms with Crippen molar-refractivity contribution in [1.29, 1.82) is 0 Å². The van der Waals surface area contributed by atoms with Gasteiger partial charge in [0.1, 0.15) is 0 Å². The van der Waals surface area contributed by atoms with Gasteiger partial charge in [-0.2, -0.15) is 13.2 Å². The molecule has 1 N–H and O–H groups in total. The molecule has 116 valence electrons. The van der Waals surface area contributed by atoms with Crippen LogP contribution in [0.15, 0.2) is 36.4 Å². The van der Waals surface area contributed by atoms with Gasteiger partial charge >= 0.3 is 6.18 Å². The van der Waals surface area contributed by atoms with E-state index in [0.29, 0.717) is 22.9 Å². The van der Waals surface area contributed by atoms with Crippen LogP contribution in [0.3, 0.4) is 0 Å². The number of hydrogen-bond donors (Lipinski definition) is 1. The standard InChI is InChI=1S/C17H16F3NO/c1-16(2,3)10-4-6-14-12(8-10)21-13-9-11(17(18,19)20)5-7-15(13)22-14/h4-9,21H,1-3H3. The Balaban J connectivity index is 2.00. The molecule has 0 unspecified atom stereocenters. The Hall–Kier alpha value is -2.17. The lowest BCUT2D eigenvalue weighted by molar-refractivity contribution is -0.137. The number of fused-ring (bicyclic) bond motifs is 2. The van der Waals surface area contributed by atoms with Crippen LogP contribution in [0.4, 0.5) is 24.5 Å². The molecule has 0 bridgehead atoms. The summed E-state index contributed by atoms with van der Waals surface area (Å²) in [4.78, 5) is 0. The number of nitrogens with one attached hydrogen (secondary N) is 1. The monoisotopic (exact) mass is 307 g/mol. The highest BCUT2D eigenvalue weighted by molar-refractivity contribution is 5.76. The Morgan fingerprint density at radius 3 is 1.82 bits per heavy atom. The van der Waals surface area contributed by atoms with Crippen molar-refractivity contribution < 1.29 is 17.9 Å². The summed E-state index contributed by atoms with van der Waals surface area (Å²) < 4.78 is 44.1. The van der Waals surface area contributed by atoms with Gasteiger partial charge in [0.15, 0.2) is 11.5 Å². The van der Waals surface area contributed by atoms with Crippen molar-refractivity contribution >= 4 is 11.4 Å². The Morgan fingerprint density at radius 2 is 1.32 bits per heavy atom. The molecule has 1 aliphatic rings. The molecule has 2 aromatic carbocycles. The Kier molecular flexibility index (Phi) is 3.13. The van der Waals surface area contributed by atoms with E-state index in [0.717, 1.165) is 17.7 Å². The van der Waals surface area contributed by atoms with E-state index in [4.69, 9.17) is 4.74 Å². The Morgan fingerprint density at radius 1 is 0.818 bits per heavy atom. The van der Waals surface area contributed by atoms with E-state index in [1.165, 1.54) is 6.07 Å². The number of anilines is 2. The SMILES string of the molecule is CC(C)(C)c1ccc2c(c1)Nc1cc(C(F)(F)F)ccc1O2. The lowest BCUT2D eigenvalue weighted by atomic mass is 9.86. The molecule has 2 nitrogen and oxygen atoms in total. The zero-order valence-electron chi connectivity index (χ0n) is 12.5. The Bertz CT molecular complexity index is 668. The third-order valence-electron chi connectivity index (χ3n) is 3.64. The second kappa shape index (κ2) is 4.66. The van der Waals surface area contributed by atoms with E-state index in [1.54, 1.807) is 0 Å². The first-order valence-electron chi connectivity index (χ1n) is 6.95. The van der Waals surface area contributed by atoms with Crippen LogP contribution in [0.2, 0.25) is 0 Å². The first kappa shape index (κ1) is 14.8. The molecule has 1 aliphatic heterocycles. The van der Waals surface area contributed by atoms with Crippen LogP contribution in [-0.4, -0.2) is 0 Å². The zero-order valence-corrected chi connectivity index (χ0v) is 12.5. The molecule has 2 aromatic rings. The van der Waals surface area contributed by atoms with Crippen LogP contribution in [0, 0.1) is 0 Å². The normalized spacial score (nSPS) is 13.7. The van der Waals surface area contributed by atoms with E-state index >= 15 is 0 Å². The minimum atomic E-state index is -4.37. The third-order valence-corrected chi connectivity index (χ3v) is 3.64. The number of alkyl halides is 3. The van der Waals surface area contributed by atoms with Crippen LogP contribution in [-0.2, 0) is 11.6 Å². The van der Waals surface area contributed by atoms with Gasteiger partial charge in [-0.25, -0.2) is 0 Å². The minimum Gasteiger partial charge on any atom is -0.453 e. The van der Waals surface area contributed by atoms with Crippen LogP contribution in [0.1, 0.15) is 31.9 Å². The Labute approximate surface area is 126 Å². The number of halogens is 3. The van der Waals surface area contributed by atoms with Gasteiger partial charge in [-0.15, -0.1) is 0 Å². The van der Waals surface area contributed by atoms with E-state index in [1.807, 2.05) is 18.2 Å². The molecule has 0 amide bonds. The molecule has 1 heterocycles. The summed E-state index contributed by atoms with van der Waals surface area (Å²) in [6, 6.07) is 9.15. The molecule has 0 spiro atoms. The van der Waals surface area contributed by atoms with Crippen LogP contribution in [0.5, 0.6) is 11.5 Å². The van der Waals surface area contributed by atoms with Crippen molar-refractivity contribution in [1.82, 2.24) is 0 Å². The van der Waals surface area contributed by atoms with Crippen molar-refractivity contribution in [2.24, 2.45) is 0 Å². The van der Waals surface area contributed by atoms with Crippen molar-refractivity contribution in [3.05, 3.63) is 47.5 Å². The molecule has 3 rings (SSSR count). The van der Waals surface area contributed by atoms with Gasteiger partial charge in [0.05, 0.1) is 16.9 Å². The molecule has 0 aromatic heterocycles. The smallest absolute Gasteiger partial charge is 0.416 e. The van der Waals surface area contributed by atoms with Crippen LogP contribution in [0.25, 0.3) is 0 Å². The summed E-state index contributed by atoms with van der Waals surface area (Å²) in [5.74, 6) is 1.00. The van der Waals surface area contributed by atoms with Crippen LogP contribution >= 0.6 is 0 Å². The molecule has 0 atom stereocenters. The average molecular weight is 307 g/mol. The van der Waals surface area contributed by atoms with Gasteiger partial charge in [-0.1, -0.05) is 26.8 Å². The first-order valence-corrected chi connectivity index (χ1v) is 6.95. The summed E-state index contributed by atoms with van der Waals surface area (Å²) >= 11 is 0. The molecule has 0 fully saturated rings. The highest BCUT2D eigenvalue weighted by Gasteiger charge is 2.32. The van der Waals surface area contributed by atoms with E-state index in [9.17, 15) is 13.2 Å². The molecule has 0 saturated carbocycles. The molecule has 22 heavy (non-hydrogen) atoms. The van der Waals surface area contributed by atoms with Crippen molar-refractivity contribution in [2.75, 3.05) is 5.32 Å². The van der Waals surface area contributed by atoms with Crippen molar-refractivity contribution in [2.45, 2.75) is 32.4 Å². The number of ether oxygens (including phenoxy) is 1. The predicted molar refractivity (Wildman–Crippen MR) is 79.9 cm³/mol. The quantitative estimate of drug-likeness (QED) is 0.562. The topological polar surface area (TPSA) is 21.3 Å². The maximum atomic E-state index is 12.8. The number of benzene rings is 2. The molecule has 0 radical (unpaired) electrons. The summed E-state index contributed by atoms with van der Waals surface area (Å²) in [5, 5.41) is 3.04. The second-order valence-electron chi connectivity index (χ2n) is 6.40. The largest absolute Gasteiger partial charge is 0.453 e. The summed E-state index contributed by atoms with van der Waals surface area (Å²) in [7, 11) is 0. The maximum absolute atomic E-state index is 12.8. The van der Waals surface area contributed by atoms with Gasteiger partial charge in [-0.05, 0) is 41.3 Å². The average Bonchev–Trinajstić information content (AvgIpc) is 2.41. The van der Waals surface area contributed by atoms with E-state index in [-0.39, 0.29) is 5.41 Å². The number of rotatable bonds is 0. The fourth-order valence-electron chi connectivity index (χ4n) is 2.34. The van der Waals surface area contributed by atoms with Gasteiger partial charge < -0.3 is 10.1 Å². The maximum Gasteiger partial charge on any atom is 0.416 e. The lowest BCUT2D eigenvalue weighted by Crippen LogP contribution is -2.13. The summed E-state index contributed by atoms with van der Waals surface area (Å²) in [6.07, 6.45) is -4.37. The highest BCUT2D eigenvalue weighted by atomic mass is 19.4. The third kappa shape index (κ3) is 2.63. The fraction of sp³-hybridized carbons (Fsp3) is 0.294.